The fourth-order valence-electron chi connectivity index (χ4n) is 0.177. The van der Waals surface area contributed by atoms with Crippen LogP contribution in [0.25, 0.3) is 0 Å². The average molecular weight is 287 g/mol. The van der Waals surface area contributed by atoms with E-state index in [1.165, 1.54) is 0 Å². The van der Waals surface area contributed by atoms with Crippen LogP contribution in [0.3, 0.4) is 0 Å². The first-order valence-electron chi connectivity index (χ1n) is 1.58. The third-order valence-corrected chi connectivity index (χ3v) is 2.60. The number of rotatable bonds is 2. The topological polar surface area (TPSA) is 114 Å². The summed E-state index contributed by atoms with van der Waals surface area (Å²) >= 11 is 0. The maximum atomic E-state index is 9.51. The minimum Gasteiger partial charge on any atom is -0.747 e. The van der Waals surface area contributed by atoms with Gasteiger partial charge in [0.2, 0.25) is 0 Å². The van der Waals surface area contributed by atoms with Crippen molar-refractivity contribution in [3.63, 3.8) is 0 Å². The summed E-state index contributed by atoms with van der Waals surface area (Å²) in [4.78, 5) is 0. The Morgan fingerprint density at radius 1 is 0.900 bits per heavy atom. The van der Waals surface area contributed by atoms with Crippen LogP contribution in [0.15, 0.2) is 0 Å². The molecule has 0 aromatic rings. The van der Waals surface area contributed by atoms with Crippen LogP contribution in [0.2, 0.25) is 0 Å². The zero-order valence-corrected chi connectivity index (χ0v) is 10.3. The Labute approximate surface area is 78.3 Å². The third-order valence-electron chi connectivity index (χ3n) is 0.289. The molecule has 0 aliphatic carbocycles. The Kier molecular flexibility index (Phi) is 5.26. The van der Waals surface area contributed by atoms with Crippen molar-refractivity contribution in [1.29, 1.82) is 0 Å². The molecule has 0 atom stereocenters. The summed E-state index contributed by atoms with van der Waals surface area (Å²) < 4.78 is 57.1. The van der Waals surface area contributed by atoms with E-state index in [-0.39, 0.29) is 27.3 Å². The number of hydrogen-bond acceptors (Lipinski definition) is 6. The predicted octanol–water partition coefficient (Wildman–Crippen LogP) is -1.97. The molecule has 0 heterocycles. The van der Waals surface area contributed by atoms with E-state index in [9.17, 15) is 25.9 Å². The van der Waals surface area contributed by atoms with E-state index in [4.69, 9.17) is 0 Å². The normalized spacial score (nSPS) is 12.2. The van der Waals surface area contributed by atoms with Gasteiger partial charge in [-0.1, -0.05) is 0 Å². The SMILES string of the molecule is O=S(=O)([O-])CS(=O)(=O)[O-].[Cd+2]. The summed E-state index contributed by atoms with van der Waals surface area (Å²) in [5, 5.41) is -1.88. The largest absolute Gasteiger partial charge is 2.00 e. The molecule has 6 nitrogen and oxygen atoms in total. The van der Waals surface area contributed by atoms with E-state index in [0.29, 0.717) is 0 Å². The van der Waals surface area contributed by atoms with Crippen molar-refractivity contribution >= 4 is 20.2 Å². The maximum absolute atomic E-state index is 9.51. The Bertz CT molecular complexity index is 241. The molecule has 0 aliphatic rings. The third kappa shape index (κ3) is 11.5. The molecular weight excluding hydrogens is 285 g/mol. The first kappa shape index (κ1) is 13.3. The van der Waals surface area contributed by atoms with Gasteiger partial charge >= 0.3 is 27.3 Å². The van der Waals surface area contributed by atoms with Crippen LogP contribution < -0.4 is 0 Å². The Morgan fingerprint density at radius 3 is 1.10 bits per heavy atom. The van der Waals surface area contributed by atoms with Gasteiger partial charge in [-0.15, -0.1) is 0 Å². The maximum Gasteiger partial charge on any atom is 2.00 e. The molecule has 10 heavy (non-hydrogen) atoms. The van der Waals surface area contributed by atoms with Crippen molar-refractivity contribution in [2.45, 2.75) is 0 Å². The molecule has 0 bridgehead atoms. The van der Waals surface area contributed by atoms with Crippen LogP contribution in [0, 0.1) is 0 Å². The summed E-state index contributed by atoms with van der Waals surface area (Å²) in [5.74, 6) is 0. The molecule has 0 saturated heterocycles. The quantitative estimate of drug-likeness (QED) is 0.430. The van der Waals surface area contributed by atoms with Gasteiger partial charge in [0.15, 0.2) is 0 Å². The smallest absolute Gasteiger partial charge is 0.747 e. The van der Waals surface area contributed by atoms with Crippen molar-refractivity contribution in [1.82, 2.24) is 0 Å². The van der Waals surface area contributed by atoms with Crippen molar-refractivity contribution in [3.05, 3.63) is 0 Å². The van der Waals surface area contributed by atoms with E-state index < -0.39 is 25.3 Å². The van der Waals surface area contributed by atoms with Gasteiger partial charge < -0.3 is 9.11 Å². The molecule has 0 spiro atoms. The van der Waals surface area contributed by atoms with Gasteiger partial charge in [-0.2, -0.15) is 0 Å². The van der Waals surface area contributed by atoms with Gasteiger partial charge in [-0.3, -0.25) is 0 Å². The van der Waals surface area contributed by atoms with Crippen LogP contribution in [-0.2, 0) is 47.5 Å². The van der Waals surface area contributed by atoms with Gasteiger partial charge in [-0.05, 0) is 0 Å². The minimum absolute atomic E-state index is 0. The van der Waals surface area contributed by atoms with Crippen LogP contribution in [0.1, 0.15) is 0 Å². The molecule has 0 N–H and O–H groups in total. The molecule has 0 rings (SSSR count). The second-order valence-corrected chi connectivity index (χ2v) is 4.41. The van der Waals surface area contributed by atoms with E-state index in [1.807, 2.05) is 0 Å². The molecule has 0 saturated carbocycles. The first-order valence-corrected chi connectivity index (χ1v) is 4.73. The monoisotopic (exact) mass is 288 g/mol. The van der Waals surface area contributed by atoms with Gasteiger partial charge in [0.25, 0.3) is 0 Å². The fraction of sp³-hybridized carbons (Fsp3) is 1.00. The molecule has 9 heteroatoms. The zero-order valence-electron chi connectivity index (χ0n) is 4.68. The summed E-state index contributed by atoms with van der Waals surface area (Å²) in [6.45, 7) is 0. The summed E-state index contributed by atoms with van der Waals surface area (Å²) in [6, 6.07) is 0. The molecule has 0 aromatic heterocycles. The molecule has 0 aromatic carbocycles. The molecule has 0 aliphatic heterocycles. The Hall–Kier alpha value is 0.742. The number of hydrogen-bond donors (Lipinski definition) is 0. The minimum atomic E-state index is -4.93. The molecule has 0 unspecified atom stereocenters. The fourth-order valence-corrected chi connectivity index (χ4v) is 1.59. The van der Waals surface area contributed by atoms with Gasteiger partial charge in [-0.25, -0.2) is 16.8 Å². The Morgan fingerprint density at radius 2 is 1.10 bits per heavy atom. The molecule has 0 fully saturated rings. The van der Waals surface area contributed by atoms with Crippen molar-refractivity contribution in [2.75, 3.05) is 5.08 Å². The second kappa shape index (κ2) is 3.94. The van der Waals surface area contributed by atoms with E-state index in [2.05, 4.69) is 0 Å². The zero-order chi connectivity index (χ0) is 7.71. The molecule has 0 radical (unpaired) electrons. The van der Waals surface area contributed by atoms with Crippen LogP contribution >= 0.6 is 0 Å². The van der Waals surface area contributed by atoms with Gasteiger partial charge in [0, 0.05) is 0 Å². The summed E-state index contributed by atoms with van der Waals surface area (Å²) in [6.07, 6.45) is 0. The summed E-state index contributed by atoms with van der Waals surface area (Å²) in [5.41, 5.74) is 0. The average Bonchev–Trinajstić information content (AvgIpc) is 1.14. The van der Waals surface area contributed by atoms with E-state index in [1.54, 1.807) is 0 Å². The van der Waals surface area contributed by atoms with E-state index >= 15 is 0 Å². The standard InChI is InChI=1S/CH4O6S2.Cd/c2-8(3,4)1-9(5,6)7;/h1H2,(H,2,3,4)(H,5,6,7);/q;+2/p-2. The van der Waals surface area contributed by atoms with Crippen molar-refractivity contribution in [2.24, 2.45) is 0 Å². The van der Waals surface area contributed by atoms with Crippen molar-refractivity contribution in [3.8, 4) is 0 Å². The Balaban J connectivity index is 0. The van der Waals surface area contributed by atoms with Crippen molar-refractivity contribution < 1.29 is 53.2 Å². The van der Waals surface area contributed by atoms with Crippen LogP contribution in [0.4, 0.5) is 0 Å². The molecule has 56 valence electrons. The van der Waals surface area contributed by atoms with Crippen LogP contribution in [-0.4, -0.2) is 31.0 Å². The molecular formula is CH2CdO6S2. The van der Waals surface area contributed by atoms with Gasteiger partial charge in [0.1, 0.15) is 25.3 Å². The predicted molar refractivity (Wildman–Crippen MR) is 24.3 cm³/mol. The van der Waals surface area contributed by atoms with Gasteiger partial charge in [0.05, 0.1) is 0 Å². The van der Waals surface area contributed by atoms with E-state index in [0.717, 1.165) is 0 Å². The first-order chi connectivity index (χ1) is 3.71. The summed E-state index contributed by atoms with van der Waals surface area (Å²) in [7, 11) is -9.86. The second-order valence-electron chi connectivity index (χ2n) is 1.23. The van der Waals surface area contributed by atoms with Crippen LogP contribution in [0.5, 0.6) is 0 Å². The molecule has 0 amide bonds.